The van der Waals surface area contributed by atoms with Crippen molar-refractivity contribution in [1.29, 1.82) is 0 Å². The highest BCUT2D eigenvalue weighted by molar-refractivity contribution is 9.10. The van der Waals surface area contributed by atoms with Crippen molar-refractivity contribution in [2.45, 2.75) is 82.8 Å². The number of esters is 2. The fourth-order valence-corrected chi connectivity index (χ4v) is 4.35. The molecule has 0 aromatic heterocycles. The maximum absolute atomic E-state index is 11.9. The Morgan fingerprint density at radius 1 is 0.906 bits per heavy atom. The third kappa shape index (κ3) is 10.4. The average molecular weight is 576 g/mol. The largest absolute Gasteiger partial charge is 0.465 e. The number of hydrogen-bond donors (Lipinski definition) is 0. The molecule has 4 nitrogen and oxygen atoms in total. The van der Waals surface area contributed by atoms with E-state index in [-0.39, 0.29) is 32.9 Å². The Bertz CT molecular complexity index is 692. The van der Waals surface area contributed by atoms with Crippen molar-refractivity contribution in [3.63, 3.8) is 0 Å². The lowest BCUT2D eigenvalue weighted by Crippen LogP contribution is -2.29. The van der Waals surface area contributed by atoms with E-state index in [0.717, 1.165) is 25.7 Å². The van der Waals surface area contributed by atoms with Crippen LogP contribution in [0.2, 0.25) is 0 Å². The van der Waals surface area contributed by atoms with Crippen LogP contribution in [0.4, 0.5) is 0 Å². The Hall–Kier alpha value is -0.880. The number of hydrogen-bond acceptors (Lipinski definition) is 4. The molecule has 0 saturated carbocycles. The second-order valence-corrected chi connectivity index (χ2v) is 12.2. The van der Waals surface area contributed by atoms with Crippen LogP contribution in [0.15, 0.2) is 30.3 Å². The Labute approximate surface area is 211 Å². The zero-order valence-corrected chi connectivity index (χ0v) is 23.6. The molecule has 32 heavy (non-hydrogen) atoms. The molecule has 0 bridgehead atoms. The maximum atomic E-state index is 11.9. The van der Waals surface area contributed by atoms with Gasteiger partial charge in [0, 0.05) is 0 Å². The molecule has 0 aliphatic carbocycles. The first-order valence-electron chi connectivity index (χ1n) is 11.7. The highest BCUT2D eigenvalue weighted by Gasteiger charge is 2.32. The van der Waals surface area contributed by atoms with Gasteiger partial charge in [-0.2, -0.15) is 0 Å². The van der Waals surface area contributed by atoms with Crippen molar-refractivity contribution in [3.05, 3.63) is 35.9 Å². The van der Waals surface area contributed by atoms with Crippen LogP contribution in [0.3, 0.4) is 0 Å². The number of benzene rings is 1. The summed E-state index contributed by atoms with van der Waals surface area (Å²) in [6, 6.07) is 10.6. The molecule has 0 fully saturated rings. The summed E-state index contributed by atoms with van der Waals surface area (Å²) >= 11 is 6.55. The summed E-state index contributed by atoms with van der Waals surface area (Å²) in [5, 5.41) is 0. The van der Waals surface area contributed by atoms with E-state index in [1.54, 1.807) is 13.8 Å². The predicted molar refractivity (Wildman–Crippen MR) is 138 cm³/mol. The van der Waals surface area contributed by atoms with E-state index in [1.807, 2.05) is 0 Å². The molecule has 0 N–H and O–H groups in total. The Kier molecular flexibility index (Phi) is 13.1. The zero-order valence-electron chi connectivity index (χ0n) is 20.4. The number of alkyl halides is 2. The van der Waals surface area contributed by atoms with Crippen LogP contribution < -0.4 is 0 Å². The fourth-order valence-electron chi connectivity index (χ4n) is 4.09. The van der Waals surface area contributed by atoms with E-state index < -0.39 is 0 Å². The van der Waals surface area contributed by atoms with E-state index >= 15 is 0 Å². The van der Waals surface area contributed by atoms with Crippen LogP contribution in [-0.2, 0) is 19.1 Å². The summed E-state index contributed by atoms with van der Waals surface area (Å²) in [5.74, 6) is 0.600. The van der Waals surface area contributed by atoms with Gasteiger partial charge in [0.25, 0.3) is 0 Å². The molecule has 0 amide bonds. The molecular weight excluding hydrogens is 536 g/mol. The molecule has 1 aromatic rings. The first kappa shape index (κ1) is 29.2. The van der Waals surface area contributed by atoms with Crippen molar-refractivity contribution in [2.75, 3.05) is 13.2 Å². The smallest absolute Gasteiger partial charge is 0.319 e. The normalized spacial score (nSPS) is 18.0. The molecule has 1 rings (SSSR count). The lowest BCUT2D eigenvalue weighted by molar-refractivity contribution is -0.144. The molecule has 182 valence electrons. The Morgan fingerprint density at radius 3 is 2.00 bits per heavy atom. The van der Waals surface area contributed by atoms with Gasteiger partial charge in [-0.1, -0.05) is 89.9 Å². The lowest BCUT2D eigenvalue weighted by Gasteiger charge is -2.37. The number of ether oxygens (including phenoxy) is 2. The van der Waals surface area contributed by atoms with Crippen LogP contribution in [0.25, 0.3) is 0 Å². The van der Waals surface area contributed by atoms with Crippen molar-refractivity contribution < 1.29 is 19.1 Å². The summed E-state index contributed by atoms with van der Waals surface area (Å²) in [6.45, 7) is 13.3. The zero-order chi connectivity index (χ0) is 24.3. The Balaban J connectivity index is 2.89. The second-order valence-electron chi connectivity index (χ2n) is 9.47. The van der Waals surface area contributed by atoms with Crippen molar-refractivity contribution >= 4 is 43.8 Å². The van der Waals surface area contributed by atoms with Gasteiger partial charge in [0.05, 0.1) is 13.2 Å². The van der Waals surface area contributed by atoms with Gasteiger partial charge >= 0.3 is 11.9 Å². The van der Waals surface area contributed by atoms with Crippen LogP contribution in [0.5, 0.6) is 0 Å². The molecule has 0 saturated heterocycles. The van der Waals surface area contributed by atoms with Gasteiger partial charge in [0.15, 0.2) is 0 Å². The SMILES string of the molecule is CCC(CC(C)(CCOC(=O)C(C)Br)CC(C)C(C)COC(=O)C(C)Br)c1ccccc1. The number of carbonyl (C=O) groups excluding carboxylic acids is 2. The summed E-state index contributed by atoms with van der Waals surface area (Å²) in [7, 11) is 0. The van der Waals surface area contributed by atoms with Gasteiger partial charge in [-0.25, -0.2) is 0 Å². The third-order valence-electron chi connectivity index (χ3n) is 6.38. The monoisotopic (exact) mass is 574 g/mol. The number of carbonyl (C=O) groups is 2. The molecule has 0 spiro atoms. The van der Waals surface area contributed by atoms with Crippen LogP contribution in [0.1, 0.15) is 78.7 Å². The molecule has 0 aliphatic rings. The minimum Gasteiger partial charge on any atom is -0.465 e. The topological polar surface area (TPSA) is 52.6 Å². The fraction of sp³-hybridized carbons (Fsp3) is 0.692. The van der Waals surface area contributed by atoms with Gasteiger partial charge in [0.1, 0.15) is 9.65 Å². The van der Waals surface area contributed by atoms with Gasteiger partial charge in [-0.05, 0) is 68.3 Å². The van der Waals surface area contributed by atoms with Crippen molar-refractivity contribution in [3.8, 4) is 0 Å². The van der Waals surface area contributed by atoms with Crippen LogP contribution in [0, 0.1) is 17.3 Å². The summed E-state index contributed by atoms with van der Waals surface area (Å²) in [5.41, 5.74) is 1.35. The molecule has 6 heteroatoms. The molecule has 6 atom stereocenters. The van der Waals surface area contributed by atoms with E-state index in [0.29, 0.717) is 25.0 Å². The maximum Gasteiger partial charge on any atom is 0.319 e. The van der Waals surface area contributed by atoms with Crippen LogP contribution >= 0.6 is 31.9 Å². The van der Waals surface area contributed by atoms with Gasteiger partial charge in [0.2, 0.25) is 0 Å². The molecule has 1 aromatic carbocycles. The first-order valence-corrected chi connectivity index (χ1v) is 13.5. The van der Waals surface area contributed by atoms with E-state index in [4.69, 9.17) is 9.47 Å². The minimum atomic E-state index is -0.299. The van der Waals surface area contributed by atoms with Crippen molar-refractivity contribution in [1.82, 2.24) is 0 Å². The van der Waals surface area contributed by atoms with Crippen LogP contribution in [-0.4, -0.2) is 34.8 Å². The highest BCUT2D eigenvalue weighted by atomic mass is 79.9. The number of halogens is 2. The number of rotatable bonds is 14. The minimum absolute atomic E-state index is 0.00719. The van der Waals surface area contributed by atoms with E-state index in [2.05, 4.69) is 89.9 Å². The summed E-state index contributed by atoms with van der Waals surface area (Å²) in [4.78, 5) is 23.2. The standard InChI is InChI=1S/C26H40Br2O4/c1-7-22(23-11-9-8-10-12-23)16-26(6,13-14-31-24(29)20(4)27)15-18(2)19(3)17-32-25(30)21(5)28/h8-12,18-22H,7,13-17H2,1-6H3. The second kappa shape index (κ2) is 14.4. The quantitative estimate of drug-likeness (QED) is 0.173. The predicted octanol–water partition coefficient (Wildman–Crippen LogP) is 7.28. The third-order valence-corrected chi connectivity index (χ3v) is 7.12. The van der Waals surface area contributed by atoms with Gasteiger partial charge < -0.3 is 9.47 Å². The highest BCUT2D eigenvalue weighted by Crippen LogP contribution is 2.42. The van der Waals surface area contributed by atoms with E-state index in [1.165, 1.54) is 5.56 Å². The molecule has 0 radical (unpaired) electrons. The summed E-state index contributed by atoms with van der Waals surface area (Å²) in [6.07, 6.45) is 3.85. The molecule has 6 unspecified atom stereocenters. The Morgan fingerprint density at radius 2 is 1.47 bits per heavy atom. The first-order chi connectivity index (χ1) is 15.0. The lowest BCUT2D eigenvalue weighted by atomic mass is 9.69. The van der Waals surface area contributed by atoms with Gasteiger partial charge in [-0.3, -0.25) is 9.59 Å². The van der Waals surface area contributed by atoms with Crippen molar-refractivity contribution in [2.24, 2.45) is 17.3 Å². The van der Waals surface area contributed by atoms with Gasteiger partial charge in [-0.15, -0.1) is 0 Å². The summed E-state index contributed by atoms with van der Waals surface area (Å²) < 4.78 is 11.0. The molecule has 0 heterocycles. The average Bonchev–Trinajstić information content (AvgIpc) is 2.75. The molecule has 0 aliphatic heterocycles. The van der Waals surface area contributed by atoms with E-state index in [9.17, 15) is 9.59 Å². The molecular formula is C26H40Br2O4.